The molecule has 0 unspecified atom stereocenters. The first-order valence-corrected chi connectivity index (χ1v) is 5.26. The van der Waals surface area contributed by atoms with E-state index in [0.717, 1.165) is 12.8 Å². The Labute approximate surface area is 90.3 Å². The molecule has 0 aromatic heterocycles. The van der Waals surface area contributed by atoms with E-state index in [1.807, 2.05) is 12.1 Å². The maximum Gasteiger partial charge on any atom is 0.337 e. The van der Waals surface area contributed by atoms with Crippen LogP contribution in [0.3, 0.4) is 0 Å². The van der Waals surface area contributed by atoms with Gasteiger partial charge in [0.2, 0.25) is 0 Å². The molecule has 2 heteroatoms. The standard InChI is InChI=1S/C13H16O2/c1-13(2)7-6-9-8-10(12(14)15-3)4-5-11(9)13/h4-5,8H,6-7H2,1-3H3. The van der Waals surface area contributed by atoms with Crippen LogP contribution >= 0.6 is 0 Å². The lowest BCUT2D eigenvalue weighted by molar-refractivity contribution is 0.0600. The number of methoxy groups -OCH3 is 1. The number of carbonyl (C=O) groups excluding carboxylic acids is 1. The van der Waals surface area contributed by atoms with Gasteiger partial charge in [-0.3, -0.25) is 0 Å². The average Bonchev–Trinajstić information content (AvgIpc) is 2.53. The van der Waals surface area contributed by atoms with Gasteiger partial charge in [0.15, 0.2) is 0 Å². The molecular weight excluding hydrogens is 188 g/mol. The Morgan fingerprint density at radius 1 is 1.40 bits per heavy atom. The van der Waals surface area contributed by atoms with Crippen LogP contribution in [0.2, 0.25) is 0 Å². The van der Waals surface area contributed by atoms with Crippen molar-refractivity contribution >= 4 is 5.97 Å². The van der Waals surface area contributed by atoms with Crippen LogP contribution in [-0.2, 0) is 16.6 Å². The van der Waals surface area contributed by atoms with Crippen molar-refractivity contribution in [2.75, 3.05) is 7.11 Å². The van der Waals surface area contributed by atoms with E-state index in [9.17, 15) is 4.79 Å². The molecule has 0 fully saturated rings. The molecule has 0 N–H and O–H groups in total. The fraction of sp³-hybridized carbons (Fsp3) is 0.462. The minimum Gasteiger partial charge on any atom is -0.465 e. The molecule has 0 aliphatic heterocycles. The van der Waals surface area contributed by atoms with Crippen LogP contribution in [0.25, 0.3) is 0 Å². The van der Waals surface area contributed by atoms with Gasteiger partial charge in [-0.05, 0) is 41.5 Å². The van der Waals surface area contributed by atoms with Gasteiger partial charge in [0, 0.05) is 0 Å². The number of rotatable bonds is 1. The van der Waals surface area contributed by atoms with Crippen LogP contribution in [0.5, 0.6) is 0 Å². The zero-order valence-corrected chi connectivity index (χ0v) is 9.46. The minimum atomic E-state index is -0.248. The summed E-state index contributed by atoms with van der Waals surface area (Å²) in [5, 5.41) is 0. The molecule has 0 bridgehead atoms. The molecule has 0 radical (unpaired) electrons. The Morgan fingerprint density at radius 2 is 2.13 bits per heavy atom. The second-order valence-electron chi connectivity index (χ2n) is 4.75. The van der Waals surface area contributed by atoms with E-state index in [0.29, 0.717) is 5.56 Å². The molecular formula is C13H16O2. The summed E-state index contributed by atoms with van der Waals surface area (Å²) in [5.74, 6) is -0.248. The zero-order valence-electron chi connectivity index (χ0n) is 9.46. The number of hydrogen-bond donors (Lipinski definition) is 0. The smallest absolute Gasteiger partial charge is 0.337 e. The quantitative estimate of drug-likeness (QED) is 0.657. The predicted octanol–water partition coefficient (Wildman–Crippen LogP) is 2.70. The molecule has 0 amide bonds. The van der Waals surface area contributed by atoms with Crippen molar-refractivity contribution in [3.8, 4) is 0 Å². The molecule has 1 aromatic rings. The molecule has 1 aromatic carbocycles. The van der Waals surface area contributed by atoms with Crippen molar-refractivity contribution in [2.24, 2.45) is 0 Å². The first-order valence-electron chi connectivity index (χ1n) is 5.26. The Morgan fingerprint density at radius 3 is 2.80 bits per heavy atom. The number of benzene rings is 1. The first-order chi connectivity index (χ1) is 7.04. The highest BCUT2D eigenvalue weighted by atomic mass is 16.5. The third kappa shape index (κ3) is 1.65. The zero-order chi connectivity index (χ0) is 11.1. The van der Waals surface area contributed by atoms with Crippen molar-refractivity contribution in [1.82, 2.24) is 0 Å². The van der Waals surface area contributed by atoms with Crippen LogP contribution in [0.4, 0.5) is 0 Å². The summed E-state index contributed by atoms with van der Waals surface area (Å²) in [6.45, 7) is 4.49. The summed E-state index contributed by atoms with van der Waals surface area (Å²) in [7, 11) is 1.42. The van der Waals surface area contributed by atoms with Gasteiger partial charge in [-0.1, -0.05) is 19.9 Å². The van der Waals surface area contributed by atoms with Gasteiger partial charge in [0.1, 0.15) is 0 Å². The van der Waals surface area contributed by atoms with Crippen LogP contribution in [0.15, 0.2) is 18.2 Å². The number of aryl methyl sites for hydroxylation is 1. The van der Waals surface area contributed by atoms with E-state index in [1.165, 1.54) is 18.2 Å². The summed E-state index contributed by atoms with van der Waals surface area (Å²) < 4.78 is 4.71. The molecule has 1 aliphatic carbocycles. The highest BCUT2D eigenvalue weighted by Gasteiger charge is 2.29. The van der Waals surface area contributed by atoms with Crippen molar-refractivity contribution < 1.29 is 9.53 Å². The second-order valence-corrected chi connectivity index (χ2v) is 4.75. The minimum absolute atomic E-state index is 0.248. The van der Waals surface area contributed by atoms with Crippen LogP contribution in [0, 0.1) is 0 Å². The average molecular weight is 204 g/mol. The molecule has 0 spiro atoms. The molecule has 2 rings (SSSR count). The molecule has 0 saturated carbocycles. The maximum atomic E-state index is 11.4. The third-order valence-corrected chi connectivity index (χ3v) is 3.27. The van der Waals surface area contributed by atoms with Gasteiger partial charge in [-0.15, -0.1) is 0 Å². The van der Waals surface area contributed by atoms with E-state index in [-0.39, 0.29) is 11.4 Å². The van der Waals surface area contributed by atoms with Gasteiger partial charge in [-0.25, -0.2) is 4.79 Å². The fourth-order valence-electron chi connectivity index (χ4n) is 2.29. The van der Waals surface area contributed by atoms with Crippen LogP contribution in [-0.4, -0.2) is 13.1 Å². The Hall–Kier alpha value is -1.31. The summed E-state index contributed by atoms with van der Waals surface area (Å²) in [6.07, 6.45) is 2.22. The Bertz CT molecular complexity index is 405. The highest BCUT2D eigenvalue weighted by Crippen LogP contribution is 2.38. The number of carbonyl (C=O) groups is 1. The number of esters is 1. The lowest BCUT2D eigenvalue weighted by Crippen LogP contribution is -2.12. The largest absolute Gasteiger partial charge is 0.465 e. The summed E-state index contributed by atoms with van der Waals surface area (Å²) in [6, 6.07) is 5.89. The molecule has 0 atom stereocenters. The van der Waals surface area contributed by atoms with Crippen molar-refractivity contribution in [3.05, 3.63) is 34.9 Å². The fourth-order valence-corrected chi connectivity index (χ4v) is 2.29. The Kier molecular flexibility index (Phi) is 2.29. The van der Waals surface area contributed by atoms with E-state index >= 15 is 0 Å². The Balaban J connectivity index is 2.42. The first kappa shape index (κ1) is 10.2. The van der Waals surface area contributed by atoms with Crippen LogP contribution < -0.4 is 0 Å². The molecule has 0 heterocycles. The number of ether oxygens (including phenoxy) is 1. The summed E-state index contributed by atoms with van der Waals surface area (Å²) in [4.78, 5) is 11.4. The summed E-state index contributed by atoms with van der Waals surface area (Å²) >= 11 is 0. The molecule has 15 heavy (non-hydrogen) atoms. The molecule has 2 nitrogen and oxygen atoms in total. The molecule has 0 saturated heterocycles. The third-order valence-electron chi connectivity index (χ3n) is 3.27. The van der Waals surface area contributed by atoms with Crippen molar-refractivity contribution in [2.45, 2.75) is 32.1 Å². The highest BCUT2D eigenvalue weighted by molar-refractivity contribution is 5.89. The van der Waals surface area contributed by atoms with Gasteiger partial charge in [-0.2, -0.15) is 0 Å². The van der Waals surface area contributed by atoms with Gasteiger partial charge >= 0.3 is 5.97 Å². The topological polar surface area (TPSA) is 26.3 Å². The van der Waals surface area contributed by atoms with Crippen molar-refractivity contribution in [3.63, 3.8) is 0 Å². The van der Waals surface area contributed by atoms with Crippen LogP contribution in [0.1, 0.15) is 41.8 Å². The lowest BCUT2D eigenvalue weighted by Gasteiger charge is -2.18. The number of fused-ring (bicyclic) bond motifs is 1. The predicted molar refractivity (Wildman–Crippen MR) is 59.1 cm³/mol. The maximum absolute atomic E-state index is 11.4. The van der Waals surface area contributed by atoms with Gasteiger partial charge in [0.05, 0.1) is 12.7 Å². The van der Waals surface area contributed by atoms with E-state index in [1.54, 1.807) is 0 Å². The van der Waals surface area contributed by atoms with E-state index in [2.05, 4.69) is 19.9 Å². The SMILES string of the molecule is COC(=O)c1ccc2c(c1)CCC2(C)C. The monoisotopic (exact) mass is 204 g/mol. The summed E-state index contributed by atoms with van der Waals surface area (Å²) in [5.41, 5.74) is 3.58. The molecule has 1 aliphatic rings. The molecule has 80 valence electrons. The van der Waals surface area contributed by atoms with Gasteiger partial charge < -0.3 is 4.74 Å². The normalized spacial score (nSPS) is 17.3. The number of hydrogen-bond acceptors (Lipinski definition) is 2. The lowest BCUT2D eigenvalue weighted by atomic mass is 9.86. The van der Waals surface area contributed by atoms with E-state index in [4.69, 9.17) is 4.74 Å². The van der Waals surface area contributed by atoms with Gasteiger partial charge in [0.25, 0.3) is 0 Å². The van der Waals surface area contributed by atoms with E-state index < -0.39 is 0 Å². The van der Waals surface area contributed by atoms with Crippen molar-refractivity contribution in [1.29, 1.82) is 0 Å². The second kappa shape index (κ2) is 3.37.